The van der Waals surface area contributed by atoms with E-state index < -0.39 is 102 Å². The van der Waals surface area contributed by atoms with E-state index in [1.165, 1.54) is 10.8 Å². The van der Waals surface area contributed by atoms with Crippen LogP contribution in [-0.2, 0) is 90.9 Å². The van der Waals surface area contributed by atoms with Gasteiger partial charge in [-0.1, -0.05) is 84.9 Å². The van der Waals surface area contributed by atoms with E-state index in [0.29, 0.717) is 44.7 Å². The first-order valence-corrected chi connectivity index (χ1v) is 27.5. The van der Waals surface area contributed by atoms with Crippen molar-refractivity contribution in [2.45, 2.75) is 108 Å². The Balaban J connectivity index is 0.857. The molecular formula is C58H65N13O14. The van der Waals surface area contributed by atoms with E-state index in [9.17, 15) is 58.2 Å². The lowest BCUT2D eigenvalue weighted by Gasteiger charge is -2.31. The summed E-state index contributed by atoms with van der Waals surface area (Å²) >= 11 is 0. The van der Waals surface area contributed by atoms with Crippen molar-refractivity contribution in [1.82, 2.24) is 46.8 Å². The van der Waals surface area contributed by atoms with Gasteiger partial charge in [0.2, 0.25) is 41.4 Å². The number of fused-ring (bicyclic) bond motifs is 5. The molecule has 5 aromatic rings. The number of aliphatic carboxylic acids is 1. The van der Waals surface area contributed by atoms with E-state index in [-0.39, 0.29) is 101 Å². The van der Waals surface area contributed by atoms with Crippen LogP contribution in [0.4, 0.5) is 0 Å². The molecule has 1 fully saturated rings. The molecule has 3 aliphatic heterocycles. The number of aliphatic imine (C=N–C) groups is 1. The number of nitrogens with zero attached hydrogens (tertiary/aromatic N) is 4. The first-order valence-electron chi connectivity index (χ1n) is 27.5. The quantitative estimate of drug-likeness (QED) is 0.0136. The normalized spacial score (nSPS) is 19.7. The Hall–Kier alpha value is -10.0. The minimum absolute atomic E-state index is 0.00398. The summed E-state index contributed by atoms with van der Waals surface area (Å²) in [5.74, 6) is -7.59. The van der Waals surface area contributed by atoms with Crippen molar-refractivity contribution in [3.05, 3.63) is 134 Å². The number of aromatic nitrogens is 2. The SMILES string of the molecule is CC[C@@]1(O)C(=O)OCc2c1cc1n(c2=O)Cc2c-1nc1ccccc1c2C=NOCCNC(=O)CCC(=O)NCc1ccc(C[C@@H]2NC(=O)[C@@H](Cc3ccccc3)NC(=O)[C@H](CC(=O)O)NC(=O)CNC(=O)[C@H](CCCN=C(N)N)NC2=O)cc1. The lowest BCUT2D eigenvalue weighted by Crippen LogP contribution is -2.58. The molecule has 446 valence electrons. The van der Waals surface area contributed by atoms with Gasteiger partial charge >= 0.3 is 11.9 Å². The number of para-hydroxylation sites is 1. The van der Waals surface area contributed by atoms with Crippen LogP contribution in [0.5, 0.6) is 0 Å². The van der Waals surface area contributed by atoms with Crippen molar-refractivity contribution in [2.75, 3.05) is 26.2 Å². The zero-order valence-electron chi connectivity index (χ0n) is 46.3. The topological polar surface area (TPSA) is 408 Å². The van der Waals surface area contributed by atoms with Crippen LogP contribution in [0.1, 0.15) is 84.4 Å². The molecular weight excluding hydrogens is 1100 g/mol. The minimum Gasteiger partial charge on any atom is -0.481 e. The third-order valence-corrected chi connectivity index (χ3v) is 14.5. The molecule has 0 saturated carbocycles. The fourth-order valence-electron chi connectivity index (χ4n) is 10.00. The van der Waals surface area contributed by atoms with Crippen LogP contribution in [-0.4, -0.2) is 136 Å². The average Bonchev–Trinajstić information content (AvgIpc) is 1.71. The highest BCUT2D eigenvalue weighted by molar-refractivity contribution is 6.03. The molecule has 85 heavy (non-hydrogen) atoms. The number of hydrogen-bond donors (Lipinski definition) is 11. The number of carboxylic acids is 1. The van der Waals surface area contributed by atoms with E-state index in [0.717, 1.165) is 5.39 Å². The van der Waals surface area contributed by atoms with E-state index in [1.807, 2.05) is 24.3 Å². The number of carbonyl (C=O) groups is 9. The van der Waals surface area contributed by atoms with Crippen molar-refractivity contribution in [2.24, 2.45) is 21.6 Å². The zero-order valence-corrected chi connectivity index (χ0v) is 46.3. The first-order chi connectivity index (χ1) is 40.8. The molecule has 27 nitrogen and oxygen atoms in total. The number of rotatable bonds is 21. The zero-order chi connectivity index (χ0) is 60.8. The van der Waals surface area contributed by atoms with E-state index in [1.54, 1.807) is 67.6 Å². The molecule has 0 radical (unpaired) electrons. The molecule has 8 rings (SSSR count). The van der Waals surface area contributed by atoms with Crippen LogP contribution in [0.25, 0.3) is 22.3 Å². The summed E-state index contributed by atoms with van der Waals surface area (Å²) < 4.78 is 6.73. The lowest BCUT2D eigenvalue weighted by atomic mass is 9.86. The third-order valence-electron chi connectivity index (χ3n) is 14.5. The van der Waals surface area contributed by atoms with Crippen LogP contribution < -0.4 is 54.2 Å². The Morgan fingerprint density at radius 1 is 0.800 bits per heavy atom. The molecule has 0 aliphatic carbocycles. The number of esters is 1. The van der Waals surface area contributed by atoms with Gasteiger partial charge in [-0.3, -0.25) is 48.1 Å². The summed E-state index contributed by atoms with van der Waals surface area (Å²) in [5, 5.41) is 43.9. The molecule has 5 atom stereocenters. The molecule has 3 aromatic carbocycles. The van der Waals surface area contributed by atoms with E-state index >= 15 is 0 Å². The predicted octanol–water partition coefficient (Wildman–Crippen LogP) is -0.975. The van der Waals surface area contributed by atoms with Crippen LogP contribution in [0, 0.1) is 0 Å². The largest absolute Gasteiger partial charge is 0.481 e. The average molecular weight is 1170 g/mol. The fraction of sp³-hybridized carbons (Fsp3) is 0.362. The molecule has 2 aromatic heterocycles. The number of nitrogens with two attached hydrogens (primary N) is 2. The molecule has 13 N–H and O–H groups in total. The Kier molecular flexibility index (Phi) is 20.0. The van der Waals surface area contributed by atoms with Crippen molar-refractivity contribution < 1.29 is 62.9 Å². The molecule has 7 amide bonds. The summed E-state index contributed by atoms with van der Waals surface area (Å²) in [5.41, 5.74) is 13.6. The smallest absolute Gasteiger partial charge is 0.343 e. The van der Waals surface area contributed by atoms with Crippen molar-refractivity contribution >= 4 is 76.4 Å². The van der Waals surface area contributed by atoms with Gasteiger partial charge in [-0.25, -0.2) is 9.78 Å². The summed E-state index contributed by atoms with van der Waals surface area (Å²) in [4.78, 5) is 147. The van der Waals surface area contributed by atoms with Crippen molar-refractivity contribution in [3.8, 4) is 11.4 Å². The second kappa shape index (κ2) is 27.8. The minimum atomic E-state index is -1.98. The molecule has 0 spiro atoms. The third kappa shape index (κ3) is 15.3. The van der Waals surface area contributed by atoms with Crippen LogP contribution >= 0.6 is 0 Å². The number of amides is 7. The maximum absolute atomic E-state index is 14.2. The predicted molar refractivity (Wildman–Crippen MR) is 305 cm³/mol. The summed E-state index contributed by atoms with van der Waals surface area (Å²) in [6.07, 6.45) is 0.351. The van der Waals surface area contributed by atoms with Gasteiger partial charge in [0.1, 0.15) is 37.4 Å². The van der Waals surface area contributed by atoms with Crippen molar-refractivity contribution in [1.29, 1.82) is 0 Å². The van der Waals surface area contributed by atoms with Gasteiger partial charge in [-0.15, -0.1) is 0 Å². The summed E-state index contributed by atoms with van der Waals surface area (Å²) in [7, 11) is 0. The number of aliphatic hydroxyl groups is 1. The summed E-state index contributed by atoms with van der Waals surface area (Å²) in [6.45, 7) is 1.03. The number of pyridine rings is 2. The molecule has 27 heteroatoms. The number of guanidine groups is 1. The highest BCUT2D eigenvalue weighted by Crippen LogP contribution is 2.40. The van der Waals surface area contributed by atoms with Crippen LogP contribution in [0.3, 0.4) is 0 Å². The fourth-order valence-corrected chi connectivity index (χ4v) is 10.00. The van der Waals surface area contributed by atoms with Gasteiger partial charge in [0, 0.05) is 60.8 Å². The van der Waals surface area contributed by atoms with Crippen LogP contribution in [0.15, 0.2) is 99.9 Å². The second-order valence-corrected chi connectivity index (χ2v) is 20.4. The lowest BCUT2D eigenvalue weighted by molar-refractivity contribution is -0.172. The highest BCUT2D eigenvalue weighted by atomic mass is 16.6. The number of carboxylic acid groups (broad SMARTS) is 1. The number of ether oxygens (including phenoxy) is 1. The second-order valence-electron chi connectivity index (χ2n) is 20.4. The molecule has 0 bridgehead atoms. The number of nitrogens with one attached hydrogen (secondary N) is 7. The van der Waals surface area contributed by atoms with E-state index in [2.05, 4.69) is 47.4 Å². The maximum atomic E-state index is 14.2. The van der Waals surface area contributed by atoms with Gasteiger partial charge < -0.3 is 73.0 Å². The van der Waals surface area contributed by atoms with E-state index in [4.69, 9.17) is 26.0 Å². The highest BCUT2D eigenvalue weighted by Gasteiger charge is 2.46. The molecule has 5 heterocycles. The Morgan fingerprint density at radius 3 is 2.12 bits per heavy atom. The molecule has 0 unspecified atom stereocenters. The van der Waals surface area contributed by atoms with Gasteiger partial charge in [-0.2, -0.15) is 0 Å². The standard InChI is InChI=1S/C58H65N13O14/c1-2-58(83)39-25-45-50-37(30-71(45)55(81)38(39)31-84-56(58)82)36(35-11-6-7-12-40(35)67-50)28-65-85-22-21-61-46(72)18-19-47(73)63-27-34-16-14-33(15-17-34)24-43-52(78)68-41(13-8-20-62-57(59)60)51(77)64-29-48(74)66-44(26-49(75)76)54(80)70-42(53(79)69-43)23-32-9-4-3-5-10-32/h3-7,9-12,14-17,25,28,41-44,83H,2,8,13,18-24,26-27,29-31H2,1H3,(H,61,72)(H,63,73)(H,64,77)(H,66,74)(H,68,78)(H,69,79)(H,70,80)(H,75,76)(H4,59,60,62)/t41-,42+,43-,44-,58-/m0/s1. The number of hydrogen-bond acceptors (Lipinski definition) is 16. The Labute approximate surface area is 485 Å². The Bertz CT molecular complexity index is 3510. The molecule has 3 aliphatic rings. The first kappa shape index (κ1) is 61.0. The maximum Gasteiger partial charge on any atom is 0.343 e. The Morgan fingerprint density at radius 2 is 1.44 bits per heavy atom. The number of benzene rings is 3. The van der Waals surface area contributed by atoms with Crippen LogP contribution in [0.2, 0.25) is 0 Å². The van der Waals surface area contributed by atoms with Gasteiger partial charge in [0.05, 0.1) is 54.7 Å². The number of oxime groups is 1. The number of carbonyl (C=O) groups excluding carboxylic acids is 8. The van der Waals surface area contributed by atoms with Gasteiger partial charge in [0.15, 0.2) is 11.6 Å². The summed E-state index contributed by atoms with van der Waals surface area (Å²) in [6, 6.07) is 18.6. The monoisotopic (exact) mass is 1170 g/mol. The number of cyclic esters (lactones) is 1. The van der Waals surface area contributed by atoms with Gasteiger partial charge in [-0.05, 0) is 48.1 Å². The van der Waals surface area contributed by atoms with Crippen molar-refractivity contribution in [3.63, 3.8) is 0 Å². The molecule has 1 saturated heterocycles. The van der Waals surface area contributed by atoms with Gasteiger partial charge in [0.25, 0.3) is 5.56 Å².